The molecule has 1 atom stereocenters. The van der Waals surface area contributed by atoms with Crippen LogP contribution in [0.4, 0.5) is 105 Å². The first-order chi connectivity index (χ1) is 37.6. The van der Waals surface area contributed by atoms with E-state index in [1.165, 1.54) is 25.7 Å². The molecule has 2 aliphatic heterocycles. The molecule has 4 nitrogen and oxygen atoms in total. The average molecular weight is 1410 g/mol. The van der Waals surface area contributed by atoms with E-state index in [1.54, 1.807) is 0 Å². The van der Waals surface area contributed by atoms with E-state index in [4.69, 9.17) is 4.74 Å². The van der Waals surface area contributed by atoms with E-state index in [-0.39, 0.29) is 31.6 Å². The molecule has 0 aromatic heterocycles. The number of nitrogens with zero attached hydrogens (tertiary/aromatic N) is 3. The van der Waals surface area contributed by atoms with Crippen LogP contribution in [0.2, 0.25) is 0 Å². The van der Waals surface area contributed by atoms with Crippen molar-refractivity contribution in [2.75, 3.05) is 13.2 Å². The number of halogens is 24. The van der Waals surface area contributed by atoms with Gasteiger partial charge in [0.2, 0.25) is 6.67 Å². The Hall–Kier alpha value is -5.28. The minimum atomic E-state index is -6.13. The third-order valence-electron chi connectivity index (χ3n) is 12.7. The normalized spacial score (nSPS) is 17.1. The summed E-state index contributed by atoms with van der Waals surface area (Å²) in [5, 5.41) is 0. The van der Waals surface area contributed by atoms with Gasteiger partial charge in [-0.2, -0.15) is 127 Å². The summed E-state index contributed by atoms with van der Waals surface area (Å²) in [6.07, 6.45) is -36.7. The van der Waals surface area contributed by atoms with Crippen LogP contribution in [0.15, 0.2) is 90.2 Å². The van der Waals surface area contributed by atoms with Crippen LogP contribution < -0.4 is 21.9 Å². The van der Waals surface area contributed by atoms with Gasteiger partial charge in [0.15, 0.2) is 5.90 Å². The van der Waals surface area contributed by atoms with Crippen molar-refractivity contribution in [1.82, 2.24) is 9.80 Å². The predicted molar refractivity (Wildman–Crippen MR) is 258 cm³/mol. The molecule has 4 aromatic rings. The van der Waals surface area contributed by atoms with Gasteiger partial charge < -0.3 is 14.5 Å². The van der Waals surface area contributed by atoms with E-state index in [9.17, 15) is 105 Å². The molecule has 0 spiro atoms. The Morgan fingerprint density at radius 3 is 0.881 bits per heavy atom. The molecule has 0 bridgehead atoms. The molecule has 0 saturated heterocycles. The van der Waals surface area contributed by atoms with E-state index in [0.717, 1.165) is 12.4 Å². The second-order valence-electron chi connectivity index (χ2n) is 20.5. The fourth-order valence-corrected chi connectivity index (χ4v) is 8.83. The van der Waals surface area contributed by atoms with Crippen molar-refractivity contribution in [3.63, 3.8) is 0 Å². The summed E-state index contributed by atoms with van der Waals surface area (Å²) in [4.78, 5) is 8.79. The first-order valence-electron chi connectivity index (χ1n) is 24.5. The van der Waals surface area contributed by atoms with Gasteiger partial charge in [-0.3, -0.25) is 0 Å². The van der Waals surface area contributed by atoms with Gasteiger partial charge in [-0.1, -0.05) is 69.3 Å². The summed E-state index contributed by atoms with van der Waals surface area (Å²) >= 11 is 0. The first kappa shape index (κ1) is 71.2. The van der Waals surface area contributed by atoms with Gasteiger partial charge in [0, 0.05) is 50.5 Å². The molecule has 1 fully saturated rings. The summed E-state index contributed by atoms with van der Waals surface area (Å²) in [5.74, 6) is 0.872. The number of aliphatic imine (C=N–C) groups is 1. The zero-order chi connectivity index (χ0) is 62.9. The first-order valence-corrected chi connectivity index (χ1v) is 24.5. The SMILES string of the molecule is CC(C)N1[C]N(C[C@@H]2COC(C(C)(C)C)=N2)C=C1.FC(F)(F)c1cc([B-](c2cc(C(F)(F)F)cc(C(F)(F)F)c2)(c2cc(C(F)(F)F)cc(C(F)(F)F)c2)c2cc(C(F)(F)F)cc(C(F)(F)F)c2)cc(C(F)(F)F)c1.[CH]1[CH]CC[CH][CH]CC1.[Ir]. The third kappa shape index (κ3) is 18.4. The minimum absolute atomic E-state index is 0. The Labute approximate surface area is 479 Å². The average Bonchev–Trinajstić information content (AvgIpc) is 2.89. The van der Waals surface area contributed by atoms with Crippen molar-refractivity contribution in [1.29, 1.82) is 0 Å². The number of benzene rings is 4. The van der Waals surface area contributed by atoms with Gasteiger partial charge in [-0.05, 0) is 89.5 Å². The summed E-state index contributed by atoms with van der Waals surface area (Å²) < 4.78 is 346. The maximum absolute atomic E-state index is 14.2. The monoisotopic (exact) mass is 1410 g/mol. The van der Waals surface area contributed by atoms with E-state index >= 15 is 0 Å². The molecular formula is C54H47BF24IrN3O-. The Bertz CT molecular complexity index is 2460. The molecule has 0 unspecified atom stereocenters. The third-order valence-corrected chi connectivity index (χ3v) is 12.7. The summed E-state index contributed by atoms with van der Waals surface area (Å²) in [5.41, 5.74) is -30.2. The number of ether oxygens (including phenoxy) is 1. The minimum Gasteiger partial charge on any atom is -0.478 e. The summed E-state index contributed by atoms with van der Waals surface area (Å²) in [6, 6.07) is -8.15. The molecule has 30 heteroatoms. The van der Waals surface area contributed by atoms with Crippen LogP contribution in [0.25, 0.3) is 0 Å². The molecule has 3 aliphatic rings. The second-order valence-corrected chi connectivity index (χ2v) is 20.5. The molecule has 7 rings (SSSR count). The molecule has 0 N–H and O–H groups in total. The quantitative estimate of drug-likeness (QED) is 0.136. The molecule has 1 saturated carbocycles. The zero-order valence-corrected chi connectivity index (χ0v) is 46.4. The van der Waals surface area contributed by atoms with Crippen molar-refractivity contribution < 1.29 is 130 Å². The van der Waals surface area contributed by atoms with Gasteiger partial charge in [-0.15, -0.1) is 0 Å². The summed E-state index contributed by atoms with van der Waals surface area (Å²) in [7, 11) is 0. The maximum atomic E-state index is 14.2. The summed E-state index contributed by atoms with van der Waals surface area (Å²) in [6.45, 7) is 15.5. The van der Waals surface area contributed by atoms with Crippen molar-refractivity contribution in [3.05, 3.63) is 162 Å². The van der Waals surface area contributed by atoms with Crippen LogP contribution in [0.1, 0.15) is 105 Å². The van der Waals surface area contributed by atoms with E-state index < -0.39 is 195 Å². The van der Waals surface area contributed by atoms with Crippen LogP contribution >= 0.6 is 0 Å². The number of hydrogen-bond donors (Lipinski definition) is 0. The molecule has 2 heterocycles. The Kier molecular flexibility index (Phi) is 22.0. The van der Waals surface area contributed by atoms with E-state index in [0.29, 0.717) is 12.6 Å². The fraction of sp³-hybridized carbons (Fsp3) is 0.407. The Balaban J connectivity index is 0.000000455. The van der Waals surface area contributed by atoms with Gasteiger partial charge in [0.05, 0.1) is 44.5 Å². The van der Waals surface area contributed by atoms with Crippen LogP contribution in [-0.4, -0.2) is 47.1 Å². The molecule has 465 valence electrons. The van der Waals surface area contributed by atoms with Gasteiger partial charge >= 0.3 is 49.4 Å². The standard InChI is InChI=1S/C32H12BF24.C14H23N3O.C8H12.Ir/c34-25(35,36)13-1-14(26(37,38)39)6-21(5-13)33(22-7-15(27(40,41)42)2-16(8-22)28(43,44)45,23-9-17(29(46,47)48)3-18(10-23)30(49,50)51)24-11-19(31(52,53)54)4-20(12-24)32(55,56)57;1-11(2)17-7-6-16(10-17)8-12-9-18-13(15-12)14(3,4)5;1-2-4-6-8-7-5-3-1;/h1-12H;6-7,11-12H,8-9H2,1-5H3;1-2,7-8H,3-6H2;/q-1;;;/t;12-;;/m.1../s1. The molecule has 1 aliphatic carbocycles. The molecule has 0 amide bonds. The van der Waals surface area contributed by atoms with Crippen LogP contribution in [0.5, 0.6) is 0 Å². The van der Waals surface area contributed by atoms with Crippen molar-refractivity contribution in [3.8, 4) is 0 Å². The van der Waals surface area contributed by atoms with Crippen LogP contribution in [0, 0.1) is 37.8 Å². The molecule has 84 heavy (non-hydrogen) atoms. The molecule has 7 radical (unpaired) electrons. The predicted octanol–water partition coefficient (Wildman–Crippen LogP) is 15.9. The van der Waals surface area contributed by atoms with Gasteiger partial charge in [-0.25, -0.2) is 4.99 Å². The topological polar surface area (TPSA) is 28.1 Å². The molecular weight excluding hydrogens is 1370 g/mol. The van der Waals surface area contributed by atoms with Crippen molar-refractivity contribution in [2.24, 2.45) is 10.4 Å². The number of alkyl halides is 24. The van der Waals surface area contributed by atoms with Crippen LogP contribution in [0.3, 0.4) is 0 Å². The van der Waals surface area contributed by atoms with Gasteiger partial charge in [0.25, 0.3) is 0 Å². The van der Waals surface area contributed by atoms with Crippen molar-refractivity contribution >= 4 is 33.9 Å². The number of hydrogen-bond acceptors (Lipinski definition) is 4. The molecule has 4 aromatic carbocycles. The smallest absolute Gasteiger partial charge is 0.416 e. The maximum Gasteiger partial charge on any atom is 0.416 e. The Morgan fingerprint density at radius 2 is 0.690 bits per heavy atom. The van der Waals surface area contributed by atoms with Crippen LogP contribution in [-0.2, 0) is 74.3 Å². The van der Waals surface area contributed by atoms with Gasteiger partial charge in [0.1, 0.15) is 18.8 Å². The largest absolute Gasteiger partial charge is 0.478 e. The van der Waals surface area contributed by atoms with E-state index in [1.807, 2.05) is 6.20 Å². The second kappa shape index (κ2) is 26.0. The van der Waals surface area contributed by atoms with E-state index in [2.05, 4.69) is 88.0 Å². The van der Waals surface area contributed by atoms with Crippen molar-refractivity contribution in [2.45, 2.75) is 122 Å². The fourth-order valence-electron chi connectivity index (χ4n) is 8.83. The Morgan fingerprint density at radius 1 is 0.440 bits per heavy atom. The number of rotatable bonds is 7. The zero-order valence-electron chi connectivity index (χ0n) is 44.0.